The first kappa shape index (κ1) is 22.7. The molecular formula is C23H18Br2N2O4. The normalized spacial score (nSPS) is 10.7. The van der Waals surface area contributed by atoms with Gasteiger partial charge in [0, 0.05) is 20.1 Å². The number of rotatable bonds is 7. The Hall–Kier alpha value is -2.97. The molecule has 0 saturated carbocycles. The monoisotopic (exact) mass is 544 g/mol. The quantitative estimate of drug-likeness (QED) is 0.182. The third kappa shape index (κ3) is 6.50. The number of nitrogens with one attached hydrogen (secondary N) is 1. The number of nitrogens with zero attached hydrogens (tertiary/aromatic N) is 1. The SMILES string of the molecule is CCOc1ccc(C(=O)Oc2ccc(Br)cc2C=NNC(=O)c2ccc(Br)cc2)cc1. The predicted octanol–water partition coefficient (Wildman–Crippen LogP) is 5.59. The van der Waals surface area contributed by atoms with Crippen molar-refractivity contribution in [1.29, 1.82) is 0 Å². The summed E-state index contributed by atoms with van der Waals surface area (Å²) < 4.78 is 12.6. The minimum Gasteiger partial charge on any atom is -0.494 e. The van der Waals surface area contributed by atoms with Crippen molar-refractivity contribution >= 4 is 50.0 Å². The number of carbonyl (C=O) groups excluding carboxylic acids is 2. The van der Waals surface area contributed by atoms with E-state index in [0.29, 0.717) is 34.8 Å². The molecule has 0 bridgehead atoms. The lowest BCUT2D eigenvalue weighted by molar-refractivity contribution is 0.0734. The first-order chi connectivity index (χ1) is 15.0. The molecule has 0 aliphatic carbocycles. The standard InChI is InChI=1S/C23H18Br2N2O4/c1-2-30-20-10-5-16(6-11-20)23(29)31-21-12-9-19(25)13-17(21)14-26-27-22(28)15-3-7-18(24)8-4-15/h3-14H,2H2,1H3,(H,27,28). The molecule has 0 aromatic heterocycles. The van der Waals surface area contributed by atoms with Crippen LogP contribution in [0.15, 0.2) is 80.8 Å². The maximum Gasteiger partial charge on any atom is 0.343 e. The van der Waals surface area contributed by atoms with Gasteiger partial charge < -0.3 is 9.47 Å². The van der Waals surface area contributed by atoms with Crippen molar-refractivity contribution in [3.05, 3.63) is 92.4 Å². The van der Waals surface area contributed by atoms with Gasteiger partial charge in [-0.15, -0.1) is 0 Å². The number of hydrogen-bond acceptors (Lipinski definition) is 5. The Balaban J connectivity index is 1.71. The van der Waals surface area contributed by atoms with E-state index < -0.39 is 5.97 Å². The van der Waals surface area contributed by atoms with Gasteiger partial charge in [0.15, 0.2) is 0 Å². The van der Waals surface area contributed by atoms with E-state index in [-0.39, 0.29) is 5.91 Å². The smallest absolute Gasteiger partial charge is 0.343 e. The van der Waals surface area contributed by atoms with Crippen LogP contribution < -0.4 is 14.9 Å². The van der Waals surface area contributed by atoms with Crippen LogP contribution in [0, 0.1) is 0 Å². The molecule has 1 amide bonds. The van der Waals surface area contributed by atoms with E-state index in [2.05, 4.69) is 42.4 Å². The number of halogens is 2. The number of amides is 1. The van der Waals surface area contributed by atoms with Crippen LogP contribution in [0.2, 0.25) is 0 Å². The van der Waals surface area contributed by atoms with Crippen molar-refractivity contribution in [3.63, 3.8) is 0 Å². The third-order valence-corrected chi connectivity index (χ3v) is 5.07. The molecule has 8 heteroatoms. The molecule has 0 saturated heterocycles. The lowest BCUT2D eigenvalue weighted by Gasteiger charge is -2.09. The minimum atomic E-state index is -0.515. The zero-order valence-electron chi connectivity index (χ0n) is 16.5. The van der Waals surface area contributed by atoms with E-state index in [9.17, 15) is 9.59 Å². The molecule has 0 aliphatic rings. The van der Waals surface area contributed by atoms with Gasteiger partial charge in [0.2, 0.25) is 0 Å². The summed E-state index contributed by atoms with van der Waals surface area (Å²) >= 11 is 6.71. The second-order valence-electron chi connectivity index (χ2n) is 6.24. The molecule has 0 spiro atoms. The van der Waals surface area contributed by atoms with Gasteiger partial charge in [-0.3, -0.25) is 4.79 Å². The Morgan fingerprint density at radius 2 is 1.58 bits per heavy atom. The van der Waals surface area contributed by atoms with Crippen molar-refractivity contribution < 1.29 is 19.1 Å². The van der Waals surface area contributed by atoms with E-state index in [1.165, 1.54) is 6.21 Å². The maximum atomic E-state index is 12.5. The Bertz CT molecular complexity index is 1100. The molecule has 3 rings (SSSR count). The highest BCUT2D eigenvalue weighted by molar-refractivity contribution is 9.10. The molecule has 0 aliphatic heterocycles. The fourth-order valence-corrected chi connectivity index (χ4v) is 3.20. The molecule has 3 aromatic carbocycles. The molecule has 1 N–H and O–H groups in total. The molecule has 0 atom stereocenters. The van der Waals surface area contributed by atoms with Crippen molar-refractivity contribution in [1.82, 2.24) is 5.43 Å². The zero-order chi connectivity index (χ0) is 22.2. The van der Waals surface area contributed by atoms with Gasteiger partial charge in [0.25, 0.3) is 5.91 Å². The summed E-state index contributed by atoms with van der Waals surface area (Å²) in [6.45, 7) is 2.43. The largest absolute Gasteiger partial charge is 0.494 e. The van der Waals surface area contributed by atoms with Gasteiger partial charge in [0.05, 0.1) is 18.4 Å². The lowest BCUT2D eigenvalue weighted by Crippen LogP contribution is -2.17. The molecule has 6 nitrogen and oxygen atoms in total. The van der Waals surface area contributed by atoms with Crippen LogP contribution in [-0.4, -0.2) is 24.7 Å². The summed E-state index contributed by atoms with van der Waals surface area (Å²) in [4.78, 5) is 24.7. The highest BCUT2D eigenvalue weighted by Gasteiger charge is 2.12. The lowest BCUT2D eigenvalue weighted by atomic mass is 10.2. The van der Waals surface area contributed by atoms with Gasteiger partial charge in [-0.05, 0) is 73.7 Å². The molecule has 158 valence electrons. The van der Waals surface area contributed by atoms with Gasteiger partial charge in [-0.25, -0.2) is 10.2 Å². The van der Waals surface area contributed by atoms with Gasteiger partial charge in [-0.1, -0.05) is 31.9 Å². The van der Waals surface area contributed by atoms with E-state index >= 15 is 0 Å². The van der Waals surface area contributed by atoms with Crippen LogP contribution in [-0.2, 0) is 0 Å². The average molecular weight is 546 g/mol. The van der Waals surface area contributed by atoms with Crippen LogP contribution in [0.3, 0.4) is 0 Å². The highest BCUT2D eigenvalue weighted by Crippen LogP contribution is 2.23. The second-order valence-corrected chi connectivity index (χ2v) is 8.07. The van der Waals surface area contributed by atoms with Crippen LogP contribution in [0.5, 0.6) is 11.5 Å². The zero-order valence-corrected chi connectivity index (χ0v) is 19.6. The Morgan fingerprint density at radius 3 is 2.26 bits per heavy atom. The van der Waals surface area contributed by atoms with Gasteiger partial charge in [-0.2, -0.15) is 5.10 Å². The summed E-state index contributed by atoms with van der Waals surface area (Å²) in [5.74, 6) is 0.117. The van der Waals surface area contributed by atoms with E-state index in [4.69, 9.17) is 9.47 Å². The summed E-state index contributed by atoms with van der Waals surface area (Å²) in [5, 5.41) is 3.99. The number of carbonyl (C=O) groups is 2. The number of hydrogen-bond donors (Lipinski definition) is 1. The number of benzene rings is 3. The molecule has 0 fully saturated rings. The number of ether oxygens (including phenoxy) is 2. The third-order valence-electron chi connectivity index (χ3n) is 4.05. The topological polar surface area (TPSA) is 77.0 Å². The maximum absolute atomic E-state index is 12.5. The molecule has 31 heavy (non-hydrogen) atoms. The second kappa shape index (κ2) is 10.9. The number of esters is 1. The summed E-state index contributed by atoms with van der Waals surface area (Å²) in [5.41, 5.74) is 3.84. The molecule has 0 radical (unpaired) electrons. The van der Waals surface area contributed by atoms with Crippen LogP contribution >= 0.6 is 31.9 Å². The first-order valence-electron chi connectivity index (χ1n) is 9.30. The molecular weight excluding hydrogens is 528 g/mol. The van der Waals surface area contributed by atoms with E-state index in [1.807, 2.05) is 6.92 Å². The Labute approximate surface area is 196 Å². The van der Waals surface area contributed by atoms with E-state index in [0.717, 1.165) is 8.95 Å². The molecule has 0 heterocycles. The van der Waals surface area contributed by atoms with Crippen LogP contribution in [0.1, 0.15) is 33.2 Å². The minimum absolute atomic E-state index is 0.309. The van der Waals surface area contributed by atoms with Crippen molar-refractivity contribution in [2.45, 2.75) is 6.92 Å². The average Bonchev–Trinajstić information content (AvgIpc) is 2.76. The van der Waals surface area contributed by atoms with Crippen molar-refractivity contribution in [2.75, 3.05) is 6.61 Å². The molecule has 0 unspecified atom stereocenters. The van der Waals surface area contributed by atoms with Crippen molar-refractivity contribution in [2.24, 2.45) is 5.10 Å². The van der Waals surface area contributed by atoms with Gasteiger partial charge in [0.1, 0.15) is 11.5 Å². The fourth-order valence-electron chi connectivity index (χ4n) is 2.55. The Kier molecular flexibility index (Phi) is 7.97. The summed E-state index contributed by atoms with van der Waals surface area (Å²) in [6.07, 6.45) is 1.42. The predicted molar refractivity (Wildman–Crippen MR) is 126 cm³/mol. The number of hydrazone groups is 1. The first-order valence-corrected chi connectivity index (χ1v) is 10.9. The fraction of sp³-hybridized carbons (Fsp3) is 0.0870. The summed E-state index contributed by atoms with van der Waals surface area (Å²) in [6, 6.07) is 18.7. The Morgan fingerprint density at radius 1 is 0.935 bits per heavy atom. The van der Waals surface area contributed by atoms with Gasteiger partial charge >= 0.3 is 5.97 Å². The van der Waals surface area contributed by atoms with Crippen LogP contribution in [0.4, 0.5) is 0 Å². The summed E-state index contributed by atoms with van der Waals surface area (Å²) in [7, 11) is 0. The van der Waals surface area contributed by atoms with Crippen molar-refractivity contribution in [3.8, 4) is 11.5 Å². The van der Waals surface area contributed by atoms with Crippen LogP contribution in [0.25, 0.3) is 0 Å². The highest BCUT2D eigenvalue weighted by atomic mass is 79.9. The van der Waals surface area contributed by atoms with E-state index in [1.54, 1.807) is 66.7 Å². The molecule has 3 aromatic rings.